The van der Waals surface area contributed by atoms with Crippen LogP contribution in [0.3, 0.4) is 0 Å². The standard InChI is InChI=1S/C28H29F3N2O3S/c1-3-4-14-37(35,36)33-24-15-20-10-13-23(16-21(20)17-24)32-27(34)25-7-5-6-18(2)26(25)19-8-11-22(12-9-19)28(29,30)31/h5-13,16,24,33H,3-4,14-15,17H2,1-2H3,(H,32,34). The molecule has 0 heterocycles. The number of unbranched alkanes of at least 4 members (excludes halogenated alkanes) is 1. The monoisotopic (exact) mass is 530 g/mol. The molecule has 4 rings (SSSR count). The lowest BCUT2D eigenvalue weighted by atomic mass is 9.93. The molecule has 0 saturated carbocycles. The Morgan fingerprint density at radius 3 is 2.38 bits per heavy atom. The maximum absolute atomic E-state index is 13.3. The number of aryl methyl sites for hydroxylation is 1. The molecule has 1 amide bonds. The summed E-state index contributed by atoms with van der Waals surface area (Å²) in [5, 5.41) is 2.89. The number of fused-ring (bicyclic) bond motifs is 1. The van der Waals surface area contributed by atoms with Crippen LogP contribution in [0.25, 0.3) is 11.1 Å². The van der Waals surface area contributed by atoms with Crippen molar-refractivity contribution in [3.8, 4) is 11.1 Å². The number of alkyl halides is 3. The summed E-state index contributed by atoms with van der Waals surface area (Å²) in [7, 11) is -3.34. The van der Waals surface area contributed by atoms with E-state index in [9.17, 15) is 26.4 Å². The molecule has 9 heteroatoms. The number of rotatable bonds is 8. The molecule has 0 aliphatic heterocycles. The van der Waals surface area contributed by atoms with Gasteiger partial charge in [0.05, 0.1) is 11.3 Å². The maximum Gasteiger partial charge on any atom is 0.416 e. The van der Waals surface area contributed by atoms with E-state index in [4.69, 9.17) is 0 Å². The number of hydrogen-bond donors (Lipinski definition) is 2. The van der Waals surface area contributed by atoms with Crippen LogP contribution >= 0.6 is 0 Å². The Morgan fingerprint density at radius 2 is 1.70 bits per heavy atom. The predicted octanol–water partition coefficient (Wildman–Crippen LogP) is 6.12. The number of hydrogen-bond acceptors (Lipinski definition) is 3. The van der Waals surface area contributed by atoms with Crippen molar-refractivity contribution in [3.63, 3.8) is 0 Å². The number of amides is 1. The Hall–Kier alpha value is -3.17. The third-order valence-corrected chi connectivity index (χ3v) is 8.05. The van der Waals surface area contributed by atoms with Gasteiger partial charge in [0.15, 0.2) is 0 Å². The first kappa shape index (κ1) is 26.9. The van der Waals surface area contributed by atoms with Gasteiger partial charge in [0.2, 0.25) is 10.0 Å². The van der Waals surface area contributed by atoms with Crippen LogP contribution < -0.4 is 10.0 Å². The maximum atomic E-state index is 13.3. The van der Waals surface area contributed by atoms with Crippen LogP contribution in [0.15, 0.2) is 60.7 Å². The Kier molecular flexibility index (Phi) is 7.75. The van der Waals surface area contributed by atoms with E-state index in [1.807, 2.05) is 19.1 Å². The van der Waals surface area contributed by atoms with Gasteiger partial charge in [-0.15, -0.1) is 0 Å². The van der Waals surface area contributed by atoms with Crippen molar-refractivity contribution in [2.75, 3.05) is 11.1 Å². The van der Waals surface area contributed by atoms with Crippen LogP contribution in [-0.4, -0.2) is 26.1 Å². The van der Waals surface area contributed by atoms with Crippen molar-refractivity contribution < 1.29 is 26.4 Å². The van der Waals surface area contributed by atoms with Gasteiger partial charge in [-0.05, 0) is 84.3 Å². The average molecular weight is 531 g/mol. The third-order valence-electron chi connectivity index (χ3n) is 6.53. The van der Waals surface area contributed by atoms with Crippen molar-refractivity contribution in [2.45, 2.75) is 51.7 Å². The Balaban J connectivity index is 1.52. The van der Waals surface area contributed by atoms with E-state index < -0.39 is 21.8 Å². The quantitative estimate of drug-likeness (QED) is 0.369. The predicted molar refractivity (Wildman–Crippen MR) is 139 cm³/mol. The van der Waals surface area contributed by atoms with Crippen LogP contribution in [0.1, 0.15) is 52.4 Å². The molecule has 0 fully saturated rings. The topological polar surface area (TPSA) is 75.3 Å². The molecule has 0 bridgehead atoms. The molecule has 2 N–H and O–H groups in total. The van der Waals surface area contributed by atoms with E-state index in [1.54, 1.807) is 31.2 Å². The molecule has 37 heavy (non-hydrogen) atoms. The summed E-state index contributed by atoms with van der Waals surface area (Å²) in [6.07, 6.45) is -1.91. The first-order valence-corrected chi connectivity index (χ1v) is 13.8. The van der Waals surface area contributed by atoms with Gasteiger partial charge in [-0.1, -0.05) is 43.7 Å². The highest BCUT2D eigenvalue weighted by molar-refractivity contribution is 7.89. The molecule has 0 spiro atoms. The highest BCUT2D eigenvalue weighted by Gasteiger charge is 2.30. The molecule has 3 aromatic carbocycles. The first-order valence-electron chi connectivity index (χ1n) is 12.2. The van der Waals surface area contributed by atoms with Crippen LogP contribution in [0.5, 0.6) is 0 Å². The highest BCUT2D eigenvalue weighted by atomic mass is 32.2. The van der Waals surface area contributed by atoms with Crippen molar-refractivity contribution in [1.29, 1.82) is 0 Å². The van der Waals surface area contributed by atoms with Gasteiger partial charge in [0, 0.05) is 17.3 Å². The minimum atomic E-state index is -4.44. The smallest absolute Gasteiger partial charge is 0.322 e. The number of benzene rings is 3. The Bertz CT molecular complexity index is 1400. The molecule has 0 radical (unpaired) electrons. The normalized spacial score (nSPS) is 15.4. The molecule has 1 aliphatic carbocycles. The molecule has 3 aromatic rings. The van der Waals surface area contributed by atoms with Crippen molar-refractivity contribution in [1.82, 2.24) is 4.72 Å². The second-order valence-corrected chi connectivity index (χ2v) is 11.3. The first-order chi connectivity index (χ1) is 17.5. The third kappa shape index (κ3) is 6.40. The van der Waals surface area contributed by atoms with Gasteiger partial charge in [-0.3, -0.25) is 4.79 Å². The van der Waals surface area contributed by atoms with E-state index in [2.05, 4.69) is 10.0 Å². The molecule has 196 valence electrons. The van der Waals surface area contributed by atoms with Gasteiger partial charge >= 0.3 is 6.18 Å². The van der Waals surface area contributed by atoms with E-state index in [0.717, 1.165) is 35.2 Å². The van der Waals surface area contributed by atoms with Crippen molar-refractivity contribution >= 4 is 21.6 Å². The molecule has 0 saturated heterocycles. The Morgan fingerprint density at radius 1 is 1.00 bits per heavy atom. The van der Waals surface area contributed by atoms with Crippen LogP contribution in [0.2, 0.25) is 0 Å². The second kappa shape index (κ2) is 10.7. The summed E-state index contributed by atoms with van der Waals surface area (Å²) in [6.45, 7) is 3.75. The number of sulfonamides is 1. The number of anilines is 1. The van der Waals surface area contributed by atoms with E-state index >= 15 is 0 Å². The molecule has 5 nitrogen and oxygen atoms in total. The van der Waals surface area contributed by atoms with Crippen LogP contribution in [0.4, 0.5) is 18.9 Å². The fourth-order valence-electron chi connectivity index (χ4n) is 4.69. The van der Waals surface area contributed by atoms with Gasteiger partial charge in [-0.25, -0.2) is 13.1 Å². The number of nitrogens with one attached hydrogen (secondary N) is 2. The van der Waals surface area contributed by atoms with Crippen LogP contribution in [0, 0.1) is 6.92 Å². The highest BCUT2D eigenvalue weighted by Crippen LogP contribution is 2.34. The minimum Gasteiger partial charge on any atom is -0.322 e. The van der Waals surface area contributed by atoms with Crippen molar-refractivity contribution in [2.24, 2.45) is 0 Å². The van der Waals surface area contributed by atoms with Gasteiger partial charge < -0.3 is 5.32 Å². The summed E-state index contributed by atoms with van der Waals surface area (Å²) in [5.74, 6) is -0.275. The minimum absolute atomic E-state index is 0.107. The lowest BCUT2D eigenvalue weighted by molar-refractivity contribution is -0.137. The number of carbonyl (C=O) groups is 1. The average Bonchev–Trinajstić information content (AvgIpc) is 3.23. The lowest BCUT2D eigenvalue weighted by Gasteiger charge is -2.15. The van der Waals surface area contributed by atoms with E-state index in [1.165, 1.54) is 12.1 Å². The van der Waals surface area contributed by atoms with Gasteiger partial charge in [0.25, 0.3) is 5.91 Å². The van der Waals surface area contributed by atoms with E-state index in [0.29, 0.717) is 41.6 Å². The molecular weight excluding hydrogens is 501 g/mol. The zero-order valence-corrected chi connectivity index (χ0v) is 21.5. The summed E-state index contributed by atoms with van der Waals surface area (Å²) in [5.41, 5.74) is 4.01. The fraction of sp³-hybridized carbons (Fsp3) is 0.321. The SMILES string of the molecule is CCCCS(=O)(=O)NC1Cc2ccc(NC(=O)c3cccc(C)c3-c3ccc(C(F)(F)F)cc3)cc2C1. The van der Waals surface area contributed by atoms with E-state index in [-0.39, 0.29) is 17.7 Å². The summed E-state index contributed by atoms with van der Waals surface area (Å²) < 4.78 is 66.4. The number of carbonyl (C=O) groups excluding carboxylic acids is 1. The largest absolute Gasteiger partial charge is 0.416 e. The van der Waals surface area contributed by atoms with Crippen molar-refractivity contribution in [3.05, 3.63) is 88.5 Å². The summed E-state index contributed by atoms with van der Waals surface area (Å²) in [6, 6.07) is 15.2. The summed E-state index contributed by atoms with van der Waals surface area (Å²) in [4.78, 5) is 13.3. The van der Waals surface area contributed by atoms with Gasteiger partial charge in [-0.2, -0.15) is 13.2 Å². The molecule has 0 aromatic heterocycles. The van der Waals surface area contributed by atoms with Crippen LogP contribution in [-0.2, 0) is 29.0 Å². The molecule has 1 unspecified atom stereocenters. The zero-order chi connectivity index (χ0) is 26.8. The molecule has 1 aliphatic rings. The fourth-order valence-corrected chi connectivity index (χ4v) is 6.15. The van der Waals surface area contributed by atoms with Gasteiger partial charge in [0.1, 0.15) is 0 Å². The Labute approximate surface area is 215 Å². The molecular formula is C28H29F3N2O3S. The summed E-state index contributed by atoms with van der Waals surface area (Å²) >= 11 is 0. The second-order valence-electron chi connectivity index (χ2n) is 9.41. The molecule has 1 atom stereocenters. The number of halogens is 3. The lowest BCUT2D eigenvalue weighted by Crippen LogP contribution is -2.36. The zero-order valence-electron chi connectivity index (χ0n) is 20.7.